The number of methoxy groups -OCH3 is 1. The number of sulfonamides is 1. The Hall–Kier alpha value is -2.52. The largest absolute Gasteiger partial charge is 0.481 e. The number of aryl methyl sites for hydroxylation is 1. The number of hydrogen-bond acceptors (Lipinski definition) is 5. The minimum absolute atomic E-state index is 0.0184. The molecule has 7 nitrogen and oxygen atoms in total. The van der Waals surface area contributed by atoms with Crippen LogP contribution in [0.3, 0.4) is 0 Å². The van der Waals surface area contributed by atoms with Gasteiger partial charge in [-0.05, 0) is 50.8 Å². The highest BCUT2D eigenvalue weighted by Crippen LogP contribution is 2.52. The molecule has 170 valence electrons. The van der Waals surface area contributed by atoms with Crippen LogP contribution in [0.2, 0.25) is 0 Å². The molecular weight excluding hydrogens is 433 g/mol. The predicted octanol–water partition coefficient (Wildman–Crippen LogP) is 2.86. The number of benzene rings is 1. The summed E-state index contributed by atoms with van der Waals surface area (Å²) >= 11 is 0. The van der Waals surface area contributed by atoms with Crippen molar-refractivity contribution >= 4 is 15.9 Å². The van der Waals surface area contributed by atoms with Gasteiger partial charge in [-0.2, -0.15) is 4.31 Å². The Labute approximate surface area is 187 Å². The molecule has 0 N–H and O–H groups in total. The standard InChI is InChI=1S/C23H26FN3O4S/c1-15-7-9-19-17(8-10-21(25-19)31-2)22(28)27(15)16-11-23(12-16)13-26(14-23)32(29,30)20-6-4-3-5-18(20)24/h3-6,8,10,15-16H,7,9,11-14H2,1-2H3. The molecule has 3 heterocycles. The molecule has 5 rings (SSSR count). The summed E-state index contributed by atoms with van der Waals surface area (Å²) in [5, 5.41) is 0. The maximum atomic E-state index is 14.0. The van der Waals surface area contributed by atoms with Gasteiger partial charge in [0, 0.05) is 36.7 Å². The average Bonchev–Trinajstić information content (AvgIpc) is 2.83. The van der Waals surface area contributed by atoms with Gasteiger partial charge >= 0.3 is 0 Å². The smallest absolute Gasteiger partial charge is 0.256 e. The third kappa shape index (κ3) is 3.29. The Morgan fingerprint density at radius 1 is 1.16 bits per heavy atom. The molecule has 1 saturated heterocycles. The van der Waals surface area contributed by atoms with Crippen LogP contribution in [-0.4, -0.2) is 60.8 Å². The van der Waals surface area contributed by atoms with Crippen molar-refractivity contribution in [2.24, 2.45) is 5.41 Å². The lowest BCUT2D eigenvalue weighted by atomic mass is 9.61. The highest BCUT2D eigenvalue weighted by molar-refractivity contribution is 7.89. The molecule has 32 heavy (non-hydrogen) atoms. The lowest BCUT2D eigenvalue weighted by Gasteiger charge is -2.60. The number of hydrogen-bond donors (Lipinski definition) is 0. The third-order valence-corrected chi connectivity index (χ3v) is 8.93. The number of carbonyl (C=O) groups is 1. The highest BCUT2D eigenvalue weighted by Gasteiger charge is 2.58. The van der Waals surface area contributed by atoms with E-state index in [-0.39, 0.29) is 28.3 Å². The molecular formula is C23H26FN3O4S. The van der Waals surface area contributed by atoms with Crippen molar-refractivity contribution in [1.82, 2.24) is 14.2 Å². The zero-order chi connectivity index (χ0) is 22.7. The average molecular weight is 460 g/mol. The van der Waals surface area contributed by atoms with Gasteiger partial charge < -0.3 is 9.64 Å². The Kier molecular flexibility index (Phi) is 5.01. The van der Waals surface area contributed by atoms with E-state index in [4.69, 9.17) is 4.74 Å². The first-order valence-electron chi connectivity index (χ1n) is 10.9. The Morgan fingerprint density at radius 3 is 2.56 bits per heavy atom. The van der Waals surface area contributed by atoms with Gasteiger partial charge in [-0.15, -0.1) is 0 Å². The molecule has 1 saturated carbocycles. The van der Waals surface area contributed by atoms with Crippen molar-refractivity contribution in [3.63, 3.8) is 0 Å². The molecule has 1 aromatic carbocycles. The SMILES string of the molecule is COc1ccc2c(n1)CCC(C)N(C1CC3(C1)CN(S(=O)(=O)c1ccccc1F)C3)C2=O. The topological polar surface area (TPSA) is 79.8 Å². The quantitative estimate of drug-likeness (QED) is 0.703. The van der Waals surface area contributed by atoms with E-state index in [2.05, 4.69) is 11.9 Å². The van der Waals surface area contributed by atoms with Crippen LogP contribution in [-0.2, 0) is 16.4 Å². The normalized spacial score (nSPS) is 23.3. The van der Waals surface area contributed by atoms with Gasteiger partial charge in [0.25, 0.3) is 5.91 Å². The van der Waals surface area contributed by atoms with Crippen molar-refractivity contribution in [2.45, 2.75) is 49.6 Å². The fraction of sp³-hybridized carbons (Fsp3) is 0.478. The first-order chi connectivity index (χ1) is 15.2. The molecule has 1 unspecified atom stereocenters. The fourth-order valence-electron chi connectivity index (χ4n) is 5.39. The molecule has 1 aromatic heterocycles. The lowest BCUT2D eigenvalue weighted by Crippen LogP contribution is -2.68. The van der Waals surface area contributed by atoms with Crippen LogP contribution >= 0.6 is 0 Å². The number of carbonyl (C=O) groups excluding carboxylic acids is 1. The van der Waals surface area contributed by atoms with Crippen LogP contribution in [0.25, 0.3) is 0 Å². The number of aromatic nitrogens is 1. The summed E-state index contributed by atoms with van der Waals surface area (Å²) in [6, 6.07) is 9.12. The van der Waals surface area contributed by atoms with E-state index in [1.165, 1.54) is 22.5 Å². The molecule has 3 aliphatic rings. The Morgan fingerprint density at radius 2 is 1.88 bits per heavy atom. The maximum Gasteiger partial charge on any atom is 0.256 e. The molecule has 0 bridgehead atoms. The zero-order valence-electron chi connectivity index (χ0n) is 18.1. The number of rotatable bonds is 4. The summed E-state index contributed by atoms with van der Waals surface area (Å²) in [5.74, 6) is -0.242. The summed E-state index contributed by atoms with van der Waals surface area (Å²) in [4.78, 5) is 19.5. The molecule has 1 spiro atoms. The van der Waals surface area contributed by atoms with Crippen LogP contribution in [0, 0.1) is 11.2 Å². The van der Waals surface area contributed by atoms with E-state index < -0.39 is 15.8 Å². The van der Waals surface area contributed by atoms with Crippen LogP contribution in [0.5, 0.6) is 5.88 Å². The second kappa shape index (κ2) is 7.52. The number of halogens is 1. The number of nitrogens with zero attached hydrogens (tertiary/aromatic N) is 3. The van der Waals surface area contributed by atoms with E-state index in [1.54, 1.807) is 19.2 Å². The summed E-state index contributed by atoms with van der Waals surface area (Å²) in [6.45, 7) is 2.79. The van der Waals surface area contributed by atoms with Crippen molar-refractivity contribution < 1.29 is 22.3 Å². The van der Waals surface area contributed by atoms with Gasteiger partial charge in [-0.3, -0.25) is 4.79 Å². The van der Waals surface area contributed by atoms with E-state index in [0.717, 1.165) is 31.0 Å². The van der Waals surface area contributed by atoms with E-state index in [9.17, 15) is 17.6 Å². The molecule has 1 atom stereocenters. The second-order valence-corrected chi connectivity index (χ2v) is 11.1. The molecule has 2 fully saturated rings. The van der Waals surface area contributed by atoms with Gasteiger partial charge in [0.2, 0.25) is 15.9 Å². The molecule has 1 amide bonds. The number of amides is 1. The minimum atomic E-state index is -3.84. The molecule has 1 aliphatic carbocycles. The summed E-state index contributed by atoms with van der Waals surface area (Å²) < 4.78 is 46.2. The van der Waals surface area contributed by atoms with Gasteiger partial charge in [0.05, 0.1) is 18.4 Å². The van der Waals surface area contributed by atoms with Crippen molar-refractivity contribution in [3.8, 4) is 5.88 Å². The number of fused-ring (bicyclic) bond motifs is 1. The summed E-state index contributed by atoms with van der Waals surface area (Å²) in [5.41, 5.74) is 1.26. The minimum Gasteiger partial charge on any atom is -0.481 e. The first kappa shape index (κ1) is 21.3. The third-order valence-electron chi connectivity index (χ3n) is 7.11. The maximum absolute atomic E-state index is 14.0. The monoisotopic (exact) mass is 459 g/mol. The van der Waals surface area contributed by atoms with Crippen LogP contribution in [0.15, 0.2) is 41.3 Å². The molecule has 2 aromatic rings. The van der Waals surface area contributed by atoms with Crippen molar-refractivity contribution in [1.29, 1.82) is 0 Å². The molecule has 0 radical (unpaired) electrons. The lowest BCUT2D eigenvalue weighted by molar-refractivity contribution is -0.0740. The van der Waals surface area contributed by atoms with E-state index >= 15 is 0 Å². The summed E-state index contributed by atoms with van der Waals surface area (Å²) in [7, 11) is -2.28. The van der Waals surface area contributed by atoms with Crippen molar-refractivity contribution in [3.05, 3.63) is 53.5 Å². The van der Waals surface area contributed by atoms with Crippen LogP contribution < -0.4 is 4.74 Å². The van der Waals surface area contributed by atoms with Gasteiger partial charge in [0.1, 0.15) is 10.7 Å². The Balaban J connectivity index is 1.28. The van der Waals surface area contributed by atoms with Gasteiger partial charge in [0.15, 0.2) is 0 Å². The Bertz CT molecular complexity index is 1170. The zero-order valence-corrected chi connectivity index (χ0v) is 18.9. The predicted molar refractivity (Wildman–Crippen MR) is 115 cm³/mol. The van der Waals surface area contributed by atoms with Crippen LogP contribution in [0.4, 0.5) is 4.39 Å². The first-order valence-corrected chi connectivity index (χ1v) is 12.3. The van der Waals surface area contributed by atoms with E-state index in [0.29, 0.717) is 31.0 Å². The summed E-state index contributed by atoms with van der Waals surface area (Å²) in [6.07, 6.45) is 3.04. The molecule has 2 aliphatic heterocycles. The number of ether oxygens (including phenoxy) is 1. The second-order valence-electron chi connectivity index (χ2n) is 9.21. The fourth-order valence-corrected chi connectivity index (χ4v) is 7.12. The van der Waals surface area contributed by atoms with Crippen molar-refractivity contribution in [2.75, 3.05) is 20.2 Å². The number of pyridine rings is 1. The van der Waals surface area contributed by atoms with Crippen LogP contribution in [0.1, 0.15) is 42.2 Å². The van der Waals surface area contributed by atoms with Gasteiger partial charge in [-0.25, -0.2) is 17.8 Å². The highest BCUT2D eigenvalue weighted by atomic mass is 32.2. The molecule has 9 heteroatoms. The van der Waals surface area contributed by atoms with Gasteiger partial charge in [-0.1, -0.05) is 12.1 Å². The van der Waals surface area contributed by atoms with E-state index in [1.807, 2.05) is 4.90 Å².